The number of ether oxygens (including phenoxy) is 1. The topological polar surface area (TPSA) is 29.5 Å². The lowest BCUT2D eigenvalue weighted by Crippen LogP contribution is -2.13. The Balaban J connectivity index is 1.86. The molecule has 2 nitrogen and oxygen atoms in total. The van der Waals surface area contributed by atoms with Crippen LogP contribution in [0, 0.1) is 0 Å². The second kappa shape index (κ2) is 5.45. The van der Waals surface area contributed by atoms with E-state index in [1.54, 1.807) is 0 Å². The van der Waals surface area contributed by atoms with E-state index in [2.05, 4.69) is 18.2 Å². The van der Waals surface area contributed by atoms with Gasteiger partial charge in [0.05, 0.1) is 6.10 Å². The Morgan fingerprint density at radius 3 is 2.37 bits per heavy atom. The van der Waals surface area contributed by atoms with Crippen LogP contribution in [0.4, 0.5) is 0 Å². The van der Waals surface area contributed by atoms with Gasteiger partial charge in [0.15, 0.2) is 0 Å². The highest BCUT2D eigenvalue weighted by molar-refractivity contribution is 5.70. The zero-order chi connectivity index (χ0) is 13.1. The molecular weight excluding hydrogens is 236 g/mol. The lowest BCUT2D eigenvalue weighted by molar-refractivity contribution is 0.150. The second-order valence-electron chi connectivity index (χ2n) is 5.07. The fraction of sp³-hybridized carbons (Fsp3) is 0.294. The first kappa shape index (κ1) is 12.2. The SMILES string of the molecule is OC1CCC(Oc2ccccc2-c2ccccc2)C1. The van der Waals surface area contributed by atoms with Crippen molar-refractivity contribution in [3.63, 3.8) is 0 Å². The van der Waals surface area contributed by atoms with Gasteiger partial charge in [-0.05, 0) is 24.5 Å². The molecule has 0 bridgehead atoms. The number of para-hydroxylation sites is 1. The van der Waals surface area contributed by atoms with Gasteiger partial charge in [0.25, 0.3) is 0 Å². The van der Waals surface area contributed by atoms with Crippen molar-refractivity contribution >= 4 is 0 Å². The van der Waals surface area contributed by atoms with E-state index in [0.29, 0.717) is 0 Å². The highest BCUT2D eigenvalue weighted by atomic mass is 16.5. The zero-order valence-corrected chi connectivity index (χ0v) is 10.8. The van der Waals surface area contributed by atoms with E-state index >= 15 is 0 Å². The molecule has 98 valence electrons. The fourth-order valence-corrected chi connectivity index (χ4v) is 2.63. The molecule has 1 N–H and O–H groups in total. The normalized spacial score (nSPS) is 22.4. The van der Waals surface area contributed by atoms with E-state index in [1.165, 1.54) is 0 Å². The van der Waals surface area contributed by atoms with Gasteiger partial charge in [-0.15, -0.1) is 0 Å². The van der Waals surface area contributed by atoms with Crippen molar-refractivity contribution in [1.29, 1.82) is 0 Å². The van der Waals surface area contributed by atoms with Gasteiger partial charge < -0.3 is 9.84 Å². The number of aliphatic hydroxyl groups excluding tert-OH is 1. The molecule has 2 atom stereocenters. The summed E-state index contributed by atoms with van der Waals surface area (Å²) in [5.41, 5.74) is 2.28. The van der Waals surface area contributed by atoms with Crippen LogP contribution in [-0.2, 0) is 0 Å². The number of aliphatic hydroxyl groups is 1. The van der Waals surface area contributed by atoms with Gasteiger partial charge >= 0.3 is 0 Å². The summed E-state index contributed by atoms with van der Waals surface area (Å²) in [6.07, 6.45) is 2.46. The molecule has 2 unspecified atom stereocenters. The van der Waals surface area contributed by atoms with Crippen LogP contribution in [0.15, 0.2) is 54.6 Å². The molecule has 2 heteroatoms. The Morgan fingerprint density at radius 1 is 0.895 bits per heavy atom. The molecule has 19 heavy (non-hydrogen) atoms. The summed E-state index contributed by atoms with van der Waals surface area (Å²) in [4.78, 5) is 0. The summed E-state index contributed by atoms with van der Waals surface area (Å²) in [5, 5.41) is 9.58. The van der Waals surface area contributed by atoms with E-state index < -0.39 is 0 Å². The third-order valence-corrected chi connectivity index (χ3v) is 3.62. The molecular formula is C17H18O2. The van der Waals surface area contributed by atoms with Crippen molar-refractivity contribution in [2.24, 2.45) is 0 Å². The van der Waals surface area contributed by atoms with Gasteiger partial charge in [-0.2, -0.15) is 0 Å². The number of hydrogen-bond donors (Lipinski definition) is 1. The first-order valence-electron chi connectivity index (χ1n) is 6.82. The van der Waals surface area contributed by atoms with Crippen molar-refractivity contribution in [1.82, 2.24) is 0 Å². The molecule has 1 saturated carbocycles. The monoisotopic (exact) mass is 254 g/mol. The van der Waals surface area contributed by atoms with Gasteiger partial charge in [0, 0.05) is 12.0 Å². The van der Waals surface area contributed by atoms with E-state index in [1.807, 2.05) is 36.4 Å². The maximum Gasteiger partial charge on any atom is 0.127 e. The molecule has 0 saturated heterocycles. The summed E-state index contributed by atoms with van der Waals surface area (Å²) in [6, 6.07) is 18.4. The minimum absolute atomic E-state index is 0.139. The largest absolute Gasteiger partial charge is 0.490 e. The average molecular weight is 254 g/mol. The van der Waals surface area contributed by atoms with Gasteiger partial charge in [0.2, 0.25) is 0 Å². The summed E-state index contributed by atoms with van der Waals surface area (Å²) < 4.78 is 6.07. The third kappa shape index (κ3) is 2.79. The Morgan fingerprint density at radius 2 is 1.63 bits per heavy atom. The van der Waals surface area contributed by atoms with Crippen LogP contribution in [0.5, 0.6) is 5.75 Å². The maximum absolute atomic E-state index is 9.58. The van der Waals surface area contributed by atoms with Crippen LogP contribution >= 0.6 is 0 Å². The third-order valence-electron chi connectivity index (χ3n) is 3.62. The molecule has 1 aliphatic rings. The molecule has 2 aromatic carbocycles. The minimum atomic E-state index is -0.200. The number of hydrogen-bond acceptors (Lipinski definition) is 2. The van der Waals surface area contributed by atoms with E-state index in [0.717, 1.165) is 36.1 Å². The lowest BCUT2D eigenvalue weighted by atomic mass is 10.0. The van der Waals surface area contributed by atoms with Gasteiger partial charge in [-0.1, -0.05) is 48.5 Å². The van der Waals surface area contributed by atoms with Gasteiger partial charge in [-0.3, -0.25) is 0 Å². The molecule has 0 amide bonds. The number of benzene rings is 2. The van der Waals surface area contributed by atoms with Crippen LogP contribution < -0.4 is 4.74 Å². The van der Waals surface area contributed by atoms with E-state index in [-0.39, 0.29) is 12.2 Å². The average Bonchev–Trinajstić information content (AvgIpc) is 2.86. The molecule has 1 aliphatic carbocycles. The van der Waals surface area contributed by atoms with Crippen LogP contribution in [0.1, 0.15) is 19.3 Å². The van der Waals surface area contributed by atoms with Crippen molar-refractivity contribution < 1.29 is 9.84 Å². The Labute approximate surface area is 113 Å². The Bertz CT molecular complexity index is 536. The highest BCUT2D eigenvalue weighted by Crippen LogP contribution is 2.32. The summed E-state index contributed by atoms with van der Waals surface area (Å²) in [5.74, 6) is 0.910. The van der Waals surface area contributed by atoms with Crippen molar-refractivity contribution in [3.05, 3.63) is 54.6 Å². The van der Waals surface area contributed by atoms with Crippen LogP contribution in [0.25, 0.3) is 11.1 Å². The Kier molecular flexibility index (Phi) is 3.51. The molecule has 0 heterocycles. The summed E-state index contributed by atoms with van der Waals surface area (Å²) >= 11 is 0. The quantitative estimate of drug-likeness (QED) is 0.906. The van der Waals surface area contributed by atoms with Crippen LogP contribution in [0.3, 0.4) is 0 Å². The fourth-order valence-electron chi connectivity index (χ4n) is 2.63. The predicted molar refractivity (Wildman–Crippen MR) is 76.2 cm³/mol. The van der Waals surface area contributed by atoms with Crippen LogP contribution in [0.2, 0.25) is 0 Å². The Hall–Kier alpha value is -1.80. The maximum atomic E-state index is 9.58. The molecule has 0 aromatic heterocycles. The smallest absolute Gasteiger partial charge is 0.127 e. The minimum Gasteiger partial charge on any atom is -0.490 e. The molecule has 0 aliphatic heterocycles. The van der Waals surface area contributed by atoms with Crippen molar-refractivity contribution in [3.8, 4) is 16.9 Å². The lowest BCUT2D eigenvalue weighted by Gasteiger charge is -2.16. The standard InChI is InChI=1S/C17H18O2/c18-14-10-11-15(12-14)19-17-9-5-4-8-16(17)13-6-2-1-3-7-13/h1-9,14-15,18H,10-12H2. The molecule has 1 fully saturated rings. The molecule has 0 radical (unpaired) electrons. The first-order valence-corrected chi connectivity index (χ1v) is 6.82. The van der Waals surface area contributed by atoms with E-state index in [9.17, 15) is 5.11 Å². The summed E-state index contributed by atoms with van der Waals surface area (Å²) in [7, 11) is 0. The summed E-state index contributed by atoms with van der Waals surface area (Å²) in [6.45, 7) is 0. The molecule has 2 aromatic rings. The number of rotatable bonds is 3. The van der Waals surface area contributed by atoms with Gasteiger partial charge in [0.1, 0.15) is 11.9 Å². The highest BCUT2D eigenvalue weighted by Gasteiger charge is 2.24. The predicted octanol–water partition coefficient (Wildman–Crippen LogP) is 3.65. The van der Waals surface area contributed by atoms with Crippen molar-refractivity contribution in [2.45, 2.75) is 31.5 Å². The van der Waals surface area contributed by atoms with Gasteiger partial charge in [-0.25, -0.2) is 0 Å². The van der Waals surface area contributed by atoms with Crippen molar-refractivity contribution in [2.75, 3.05) is 0 Å². The molecule has 3 rings (SSSR count). The van der Waals surface area contributed by atoms with Crippen LogP contribution in [-0.4, -0.2) is 17.3 Å². The second-order valence-corrected chi connectivity index (χ2v) is 5.07. The molecule has 0 spiro atoms. The first-order chi connectivity index (χ1) is 9.33. The van der Waals surface area contributed by atoms with E-state index in [4.69, 9.17) is 4.74 Å². The zero-order valence-electron chi connectivity index (χ0n) is 10.8.